The molecule has 0 atom stereocenters. The van der Waals surface area contributed by atoms with Crippen LogP contribution in [0, 0.1) is 0 Å². The number of amides is 2. The van der Waals surface area contributed by atoms with E-state index in [0.717, 1.165) is 12.8 Å². The number of hydrogen-bond donors (Lipinski definition) is 1. The van der Waals surface area contributed by atoms with E-state index in [0.29, 0.717) is 30.0 Å². The van der Waals surface area contributed by atoms with E-state index in [-0.39, 0.29) is 18.4 Å². The van der Waals surface area contributed by atoms with Gasteiger partial charge in [-0.3, -0.25) is 14.5 Å². The molecule has 0 saturated carbocycles. The molecule has 1 aliphatic rings. The molecule has 0 fully saturated rings. The van der Waals surface area contributed by atoms with E-state index in [1.807, 2.05) is 0 Å². The average Bonchev–Trinajstić information content (AvgIpc) is 2.64. The van der Waals surface area contributed by atoms with Crippen molar-refractivity contribution in [3.05, 3.63) is 29.3 Å². The first-order valence-corrected chi connectivity index (χ1v) is 6.49. The van der Waals surface area contributed by atoms with Crippen molar-refractivity contribution in [2.24, 2.45) is 0 Å². The van der Waals surface area contributed by atoms with E-state index < -0.39 is 0 Å². The lowest BCUT2D eigenvalue weighted by Gasteiger charge is -2.13. The van der Waals surface area contributed by atoms with Crippen molar-refractivity contribution >= 4 is 17.5 Å². The van der Waals surface area contributed by atoms with Gasteiger partial charge in [-0.1, -0.05) is 19.4 Å². The number of nitrogens with zero attached hydrogens (tertiary/aromatic N) is 1. The maximum absolute atomic E-state index is 12.1. The summed E-state index contributed by atoms with van der Waals surface area (Å²) in [5, 5.41) is 0. The standard InChI is InChI=1S/C14H18N2O3/c1-2-3-8-19-9-7-16-13(17)10-5-4-6-11(15)12(10)14(16)18/h4-6H,2-3,7-9,15H2,1H3. The molecular weight excluding hydrogens is 244 g/mol. The fraction of sp³-hybridized carbons (Fsp3) is 0.429. The monoisotopic (exact) mass is 262 g/mol. The maximum Gasteiger partial charge on any atom is 0.263 e. The highest BCUT2D eigenvalue weighted by atomic mass is 16.5. The summed E-state index contributed by atoms with van der Waals surface area (Å²) in [6.45, 7) is 3.37. The first kappa shape index (κ1) is 13.5. The largest absolute Gasteiger partial charge is 0.398 e. The van der Waals surface area contributed by atoms with Crippen molar-refractivity contribution in [1.82, 2.24) is 4.90 Å². The Bertz CT molecular complexity index is 499. The number of hydrogen-bond acceptors (Lipinski definition) is 4. The van der Waals surface area contributed by atoms with E-state index in [1.54, 1.807) is 18.2 Å². The van der Waals surface area contributed by atoms with Gasteiger partial charge in [0.2, 0.25) is 0 Å². The third-order valence-corrected chi connectivity index (χ3v) is 3.13. The molecule has 1 heterocycles. The van der Waals surface area contributed by atoms with Crippen molar-refractivity contribution in [3.8, 4) is 0 Å². The Morgan fingerprint density at radius 1 is 1.21 bits per heavy atom. The SMILES string of the molecule is CCCCOCCN1C(=O)c2cccc(N)c2C1=O. The highest BCUT2D eigenvalue weighted by Crippen LogP contribution is 2.27. The summed E-state index contributed by atoms with van der Waals surface area (Å²) in [6, 6.07) is 4.94. The van der Waals surface area contributed by atoms with E-state index in [1.165, 1.54) is 4.90 Å². The molecule has 1 aromatic carbocycles. The van der Waals surface area contributed by atoms with Gasteiger partial charge in [0.05, 0.1) is 24.3 Å². The Balaban J connectivity index is 2.00. The average molecular weight is 262 g/mol. The number of benzene rings is 1. The van der Waals surface area contributed by atoms with Gasteiger partial charge in [-0.2, -0.15) is 0 Å². The summed E-state index contributed by atoms with van der Waals surface area (Å²) in [5.74, 6) is -0.608. The summed E-state index contributed by atoms with van der Waals surface area (Å²) in [6.07, 6.45) is 2.04. The molecule has 0 radical (unpaired) electrons. The number of anilines is 1. The second kappa shape index (κ2) is 5.84. The molecule has 5 heteroatoms. The van der Waals surface area contributed by atoms with Crippen LogP contribution in [0.2, 0.25) is 0 Å². The van der Waals surface area contributed by atoms with Gasteiger partial charge < -0.3 is 10.5 Å². The highest BCUT2D eigenvalue weighted by molar-refractivity contribution is 6.23. The lowest BCUT2D eigenvalue weighted by molar-refractivity contribution is 0.0561. The van der Waals surface area contributed by atoms with E-state index in [2.05, 4.69) is 6.92 Å². The molecule has 0 spiro atoms. The number of nitrogen functional groups attached to an aromatic ring is 1. The molecule has 2 amide bonds. The molecule has 5 nitrogen and oxygen atoms in total. The number of carbonyl (C=O) groups excluding carboxylic acids is 2. The minimum absolute atomic E-state index is 0.273. The van der Waals surface area contributed by atoms with Crippen LogP contribution in [0.5, 0.6) is 0 Å². The van der Waals surface area contributed by atoms with Crippen molar-refractivity contribution in [3.63, 3.8) is 0 Å². The van der Waals surface area contributed by atoms with Crippen LogP contribution in [0.4, 0.5) is 5.69 Å². The Labute approximate surface area is 112 Å². The van der Waals surface area contributed by atoms with E-state index in [4.69, 9.17) is 10.5 Å². The van der Waals surface area contributed by atoms with Gasteiger partial charge in [-0.05, 0) is 18.6 Å². The Kier molecular flexibility index (Phi) is 4.16. The molecule has 2 N–H and O–H groups in total. The zero-order valence-electron chi connectivity index (χ0n) is 11.0. The minimum atomic E-state index is -0.322. The zero-order valence-corrected chi connectivity index (χ0v) is 11.0. The van der Waals surface area contributed by atoms with Gasteiger partial charge in [0.15, 0.2) is 0 Å². The van der Waals surface area contributed by atoms with Gasteiger partial charge in [0.1, 0.15) is 0 Å². The topological polar surface area (TPSA) is 72.6 Å². The second-order valence-electron chi connectivity index (χ2n) is 4.50. The normalized spacial score (nSPS) is 14.1. The number of nitrogens with two attached hydrogens (primary N) is 1. The van der Waals surface area contributed by atoms with Crippen LogP contribution in [-0.2, 0) is 4.74 Å². The molecular formula is C14H18N2O3. The molecule has 102 valence electrons. The molecule has 19 heavy (non-hydrogen) atoms. The third-order valence-electron chi connectivity index (χ3n) is 3.13. The number of imide groups is 1. The summed E-state index contributed by atoms with van der Waals surface area (Å²) in [5.41, 5.74) is 6.81. The van der Waals surface area contributed by atoms with Crippen molar-refractivity contribution < 1.29 is 14.3 Å². The van der Waals surface area contributed by atoms with Crippen LogP contribution >= 0.6 is 0 Å². The zero-order chi connectivity index (χ0) is 13.8. The Morgan fingerprint density at radius 2 is 2.00 bits per heavy atom. The predicted molar refractivity (Wildman–Crippen MR) is 71.9 cm³/mol. The third kappa shape index (κ3) is 2.61. The number of ether oxygens (including phenoxy) is 1. The summed E-state index contributed by atoms with van der Waals surface area (Å²) in [4.78, 5) is 25.4. The summed E-state index contributed by atoms with van der Waals surface area (Å²) >= 11 is 0. The first-order valence-electron chi connectivity index (χ1n) is 6.49. The minimum Gasteiger partial charge on any atom is -0.398 e. The molecule has 1 aliphatic heterocycles. The Hall–Kier alpha value is -1.88. The van der Waals surface area contributed by atoms with Gasteiger partial charge >= 0.3 is 0 Å². The van der Waals surface area contributed by atoms with Gasteiger partial charge in [-0.25, -0.2) is 0 Å². The highest BCUT2D eigenvalue weighted by Gasteiger charge is 2.36. The fourth-order valence-corrected chi connectivity index (χ4v) is 2.07. The maximum atomic E-state index is 12.1. The number of unbranched alkanes of at least 4 members (excludes halogenated alkanes) is 1. The van der Waals surface area contributed by atoms with Crippen molar-refractivity contribution in [1.29, 1.82) is 0 Å². The van der Waals surface area contributed by atoms with Gasteiger partial charge in [-0.15, -0.1) is 0 Å². The fourth-order valence-electron chi connectivity index (χ4n) is 2.07. The van der Waals surface area contributed by atoms with Gasteiger partial charge in [0.25, 0.3) is 11.8 Å². The van der Waals surface area contributed by atoms with Crippen LogP contribution in [0.3, 0.4) is 0 Å². The van der Waals surface area contributed by atoms with Crippen LogP contribution in [0.25, 0.3) is 0 Å². The number of rotatable bonds is 6. The van der Waals surface area contributed by atoms with Crippen LogP contribution < -0.4 is 5.73 Å². The molecule has 0 unspecified atom stereocenters. The summed E-state index contributed by atoms with van der Waals surface area (Å²) < 4.78 is 5.38. The molecule has 1 aromatic rings. The second-order valence-corrected chi connectivity index (χ2v) is 4.50. The molecule has 0 saturated heterocycles. The van der Waals surface area contributed by atoms with Crippen molar-refractivity contribution in [2.45, 2.75) is 19.8 Å². The molecule has 0 aromatic heterocycles. The smallest absolute Gasteiger partial charge is 0.263 e. The van der Waals surface area contributed by atoms with Gasteiger partial charge in [0, 0.05) is 12.3 Å². The lowest BCUT2D eigenvalue weighted by Crippen LogP contribution is -2.33. The molecule has 0 aliphatic carbocycles. The van der Waals surface area contributed by atoms with Crippen LogP contribution in [-0.4, -0.2) is 36.5 Å². The van der Waals surface area contributed by atoms with E-state index in [9.17, 15) is 9.59 Å². The molecule has 2 rings (SSSR count). The molecule has 0 bridgehead atoms. The number of carbonyl (C=O) groups is 2. The lowest BCUT2D eigenvalue weighted by atomic mass is 10.1. The predicted octanol–water partition coefficient (Wildman–Crippen LogP) is 1.68. The van der Waals surface area contributed by atoms with Crippen LogP contribution in [0.1, 0.15) is 40.5 Å². The van der Waals surface area contributed by atoms with Crippen molar-refractivity contribution in [2.75, 3.05) is 25.5 Å². The quantitative estimate of drug-likeness (QED) is 0.481. The summed E-state index contributed by atoms with van der Waals surface area (Å²) in [7, 11) is 0. The Morgan fingerprint density at radius 3 is 2.68 bits per heavy atom. The first-order chi connectivity index (χ1) is 9.16. The number of fused-ring (bicyclic) bond motifs is 1. The van der Waals surface area contributed by atoms with E-state index >= 15 is 0 Å². The van der Waals surface area contributed by atoms with Crippen LogP contribution in [0.15, 0.2) is 18.2 Å².